The van der Waals surface area contributed by atoms with Crippen LogP contribution in [0.4, 0.5) is 5.13 Å². The van der Waals surface area contributed by atoms with Gasteiger partial charge >= 0.3 is 0 Å². The maximum Gasteiger partial charge on any atom is 0.268 e. The fourth-order valence-electron chi connectivity index (χ4n) is 3.39. The largest absolute Gasteiger partial charge is 0.476 e. The summed E-state index contributed by atoms with van der Waals surface area (Å²) in [5.41, 5.74) is 0.873. The Kier molecular flexibility index (Phi) is 5.87. The normalized spacial score (nSPS) is 15.7. The van der Waals surface area contributed by atoms with Gasteiger partial charge in [-0.1, -0.05) is 48.5 Å². The first kappa shape index (κ1) is 18.5. The van der Waals surface area contributed by atoms with Crippen molar-refractivity contribution in [3.8, 4) is 5.75 Å². The van der Waals surface area contributed by atoms with Crippen molar-refractivity contribution in [2.75, 3.05) is 31.1 Å². The number of hydrogen-bond acceptors (Lipinski definition) is 5. The first-order valence-corrected chi connectivity index (χ1v) is 10.4. The van der Waals surface area contributed by atoms with E-state index < -0.39 is 6.10 Å². The summed E-state index contributed by atoms with van der Waals surface area (Å²) in [6.45, 7) is 3.08. The molecule has 2 aromatic carbocycles. The molecule has 144 valence electrons. The molecule has 0 bridgehead atoms. The summed E-state index contributed by atoms with van der Waals surface area (Å²) in [5.74, 6) is 0.708. The van der Waals surface area contributed by atoms with Crippen LogP contribution < -0.4 is 9.64 Å². The number of carbonyl (C=O) groups is 1. The standard InChI is InChI=1S/C22H23N3O2S/c26-21(24-13-7-14-25(16-15-24)22-23-12-17-28-22)20(18-8-3-1-4-9-18)27-19-10-5-2-6-11-19/h1-6,8-12,17,20H,7,13-16H2/t20-/m0/s1. The highest BCUT2D eigenvalue weighted by atomic mass is 32.1. The van der Waals surface area contributed by atoms with Crippen LogP contribution in [0.5, 0.6) is 5.75 Å². The van der Waals surface area contributed by atoms with E-state index in [1.54, 1.807) is 11.3 Å². The van der Waals surface area contributed by atoms with Gasteiger partial charge in [-0.05, 0) is 18.6 Å². The number of aromatic nitrogens is 1. The minimum Gasteiger partial charge on any atom is -0.476 e. The molecule has 5 nitrogen and oxygen atoms in total. The van der Waals surface area contributed by atoms with Crippen LogP contribution in [0.2, 0.25) is 0 Å². The number of amides is 1. The molecule has 1 atom stereocenters. The van der Waals surface area contributed by atoms with Gasteiger partial charge in [0.1, 0.15) is 5.75 Å². The molecule has 4 rings (SSSR count). The van der Waals surface area contributed by atoms with E-state index in [0.717, 1.165) is 36.8 Å². The maximum atomic E-state index is 13.4. The molecule has 1 fully saturated rings. The summed E-state index contributed by atoms with van der Waals surface area (Å²) in [7, 11) is 0. The SMILES string of the molecule is O=C([C@@H](Oc1ccccc1)c1ccccc1)N1CCCN(c2nccs2)CC1. The first-order chi connectivity index (χ1) is 13.8. The average Bonchev–Trinajstić information content (AvgIpc) is 3.17. The number of ether oxygens (including phenoxy) is 1. The average molecular weight is 394 g/mol. The predicted molar refractivity (Wildman–Crippen MR) is 112 cm³/mol. The topological polar surface area (TPSA) is 45.7 Å². The van der Waals surface area contributed by atoms with Gasteiger partial charge in [-0.25, -0.2) is 4.98 Å². The van der Waals surface area contributed by atoms with E-state index >= 15 is 0 Å². The zero-order valence-electron chi connectivity index (χ0n) is 15.6. The lowest BCUT2D eigenvalue weighted by molar-refractivity contribution is -0.138. The van der Waals surface area contributed by atoms with Crippen LogP contribution in [0.1, 0.15) is 18.1 Å². The Balaban J connectivity index is 1.51. The van der Waals surface area contributed by atoms with Gasteiger partial charge in [0.15, 0.2) is 5.13 Å². The number of rotatable bonds is 5. The van der Waals surface area contributed by atoms with Crippen molar-refractivity contribution in [1.29, 1.82) is 0 Å². The molecule has 0 N–H and O–H groups in total. The van der Waals surface area contributed by atoms with E-state index in [1.165, 1.54) is 0 Å². The molecule has 0 unspecified atom stereocenters. The maximum absolute atomic E-state index is 13.4. The molecule has 28 heavy (non-hydrogen) atoms. The third-order valence-corrected chi connectivity index (χ3v) is 5.65. The predicted octanol–water partition coefficient (Wildman–Crippen LogP) is 4.00. The number of nitrogens with zero attached hydrogens (tertiary/aromatic N) is 3. The summed E-state index contributed by atoms with van der Waals surface area (Å²) < 4.78 is 6.14. The van der Waals surface area contributed by atoms with E-state index in [9.17, 15) is 4.79 Å². The van der Waals surface area contributed by atoms with Crippen LogP contribution in [0, 0.1) is 0 Å². The number of thiazole rings is 1. The lowest BCUT2D eigenvalue weighted by atomic mass is 10.1. The van der Waals surface area contributed by atoms with Gasteiger partial charge in [0.25, 0.3) is 5.91 Å². The Morgan fingerprint density at radius 2 is 1.71 bits per heavy atom. The lowest BCUT2D eigenvalue weighted by Crippen LogP contribution is -2.39. The van der Waals surface area contributed by atoms with Crippen molar-refractivity contribution < 1.29 is 9.53 Å². The molecule has 1 aromatic heterocycles. The highest BCUT2D eigenvalue weighted by Crippen LogP contribution is 2.25. The van der Waals surface area contributed by atoms with Gasteiger partial charge in [-0.3, -0.25) is 4.79 Å². The van der Waals surface area contributed by atoms with Gasteiger partial charge in [-0.2, -0.15) is 0 Å². The molecule has 2 heterocycles. The third kappa shape index (κ3) is 4.34. The van der Waals surface area contributed by atoms with Crippen LogP contribution in [-0.2, 0) is 4.79 Å². The molecular weight excluding hydrogens is 370 g/mol. The van der Waals surface area contributed by atoms with Gasteiger partial charge < -0.3 is 14.5 Å². The molecule has 0 radical (unpaired) electrons. The molecule has 3 aromatic rings. The molecule has 1 aliphatic rings. The van der Waals surface area contributed by atoms with Crippen LogP contribution in [0.15, 0.2) is 72.2 Å². The molecule has 1 aliphatic heterocycles. The van der Waals surface area contributed by atoms with Crippen LogP contribution in [0.25, 0.3) is 0 Å². The molecular formula is C22H23N3O2S. The second kappa shape index (κ2) is 8.89. The Bertz CT molecular complexity index is 871. The number of para-hydroxylation sites is 1. The van der Waals surface area contributed by atoms with Gasteiger partial charge in [0.2, 0.25) is 6.10 Å². The van der Waals surface area contributed by atoms with E-state index in [2.05, 4.69) is 9.88 Å². The van der Waals surface area contributed by atoms with Gasteiger partial charge in [0.05, 0.1) is 0 Å². The Morgan fingerprint density at radius 1 is 0.964 bits per heavy atom. The quantitative estimate of drug-likeness (QED) is 0.657. The molecule has 0 aliphatic carbocycles. The zero-order valence-corrected chi connectivity index (χ0v) is 16.4. The van der Waals surface area contributed by atoms with Gasteiger partial charge in [0, 0.05) is 43.3 Å². The van der Waals surface area contributed by atoms with E-state index in [0.29, 0.717) is 12.3 Å². The van der Waals surface area contributed by atoms with Crippen LogP contribution in [0.3, 0.4) is 0 Å². The summed E-state index contributed by atoms with van der Waals surface area (Å²) in [6, 6.07) is 19.3. The fourth-order valence-corrected chi connectivity index (χ4v) is 4.09. The lowest BCUT2D eigenvalue weighted by Gasteiger charge is -2.27. The molecule has 1 amide bonds. The second-order valence-corrected chi connectivity index (χ2v) is 7.58. The van der Waals surface area contributed by atoms with Crippen molar-refractivity contribution in [1.82, 2.24) is 9.88 Å². The Hall–Kier alpha value is -2.86. The number of anilines is 1. The minimum atomic E-state index is -0.644. The number of hydrogen-bond donors (Lipinski definition) is 0. The van der Waals surface area contributed by atoms with Crippen molar-refractivity contribution in [2.45, 2.75) is 12.5 Å². The van der Waals surface area contributed by atoms with Crippen LogP contribution in [-0.4, -0.2) is 42.0 Å². The monoisotopic (exact) mass is 393 g/mol. The number of carbonyl (C=O) groups excluding carboxylic acids is 1. The summed E-state index contributed by atoms with van der Waals surface area (Å²) in [4.78, 5) is 22.0. The summed E-state index contributed by atoms with van der Waals surface area (Å²) in [6.07, 6.45) is 2.10. The highest BCUT2D eigenvalue weighted by molar-refractivity contribution is 7.13. The number of benzene rings is 2. The Morgan fingerprint density at radius 3 is 2.43 bits per heavy atom. The van der Waals surface area contributed by atoms with Crippen molar-refractivity contribution >= 4 is 22.4 Å². The smallest absolute Gasteiger partial charge is 0.268 e. The van der Waals surface area contributed by atoms with Crippen LogP contribution >= 0.6 is 11.3 Å². The highest BCUT2D eigenvalue weighted by Gasteiger charge is 2.29. The third-order valence-electron chi connectivity index (χ3n) is 4.82. The van der Waals surface area contributed by atoms with E-state index in [1.807, 2.05) is 77.1 Å². The van der Waals surface area contributed by atoms with E-state index in [-0.39, 0.29) is 5.91 Å². The second-order valence-electron chi connectivity index (χ2n) is 6.70. The van der Waals surface area contributed by atoms with Gasteiger partial charge in [-0.15, -0.1) is 11.3 Å². The minimum absolute atomic E-state index is 0.0102. The van der Waals surface area contributed by atoms with Crippen molar-refractivity contribution in [3.63, 3.8) is 0 Å². The Labute approximate surface area is 169 Å². The molecule has 0 spiro atoms. The van der Waals surface area contributed by atoms with Crippen molar-refractivity contribution in [2.24, 2.45) is 0 Å². The summed E-state index contributed by atoms with van der Waals surface area (Å²) >= 11 is 1.64. The zero-order chi connectivity index (χ0) is 19.2. The summed E-state index contributed by atoms with van der Waals surface area (Å²) in [5, 5.41) is 3.01. The molecule has 6 heteroatoms. The first-order valence-electron chi connectivity index (χ1n) is 9.51. The fraction of sp³-hybridized carbons (Fsp3) is 0.273. The van der Waals surface area contributed by atoms with E-state index in [4.69, 9.17) is 4.74 Å². The molecule has 1 saturated heterocycles. The molecule has 0 saturated carbocycles. The van der Waals surface area contributed by atoms with Crippen molar-refractivity contribution in [3.05, 3.63) is 77.8 Å².